The summed E-state index contributed by atoms with van der Waals surface area (Å²) < 4.78 is 10.7. The van der Waals surface area contributed by atoms with Gasteiger partial charge >= 0.3 is 0 Å². The second kappa shape index (κ2) is 5.61. The van der Waals surface area contributed by atoms with Crippen molar-refractivity contribution in [3.8, 4) is 0 Å². The van der Waals surface area contributed by atoms with E-state index in [1.165, 1.54) is 6.42 Å². The van der Waals surface area contributed by atoms with Crippen molar-refractivity contribution >= 4 is 0 Å². The number of methoxy groups -OCH3 is 2. The zero-order chi connectivity index (χ0) is 10.5. The summed E-state index contributed by atoms with van der Waals surface area (Å²) in [5.41, 5.74) is 0. The number of hydrogen-bond acceptors (Lipinski definition) is 2. The van der Waals surface area contributed by atoms with Gasteiger partial charge in [0, 0.05) is 20.1 Å². The molecule has 2 heteroatoms. The Morgan fingerprint density at radius 1 is 1.00 bits per heavy atom. The van der Waals surface area contributed by atoms with Gasteiger partial charge in [0.05, 0.1) is 0 Å². The maximum absolute atomic E-state index is 5.36. The highest BCUT2D eigenvalue weighted by molar-refractivity contribution is 4.71. The molecule has 0 N–H and O–H groups in total. The third-order valence-corrected chi connectivity index (χ3v) is 2.88. The first kappa shape index (κ1) is 12.9. The smallest absolute Gasteiger partial charge is 0.167 e. The van der Waals surface area contributed by atoms with E-state index < -0.39 is 5.79 Å². The molecule has 0 aromatic heterocycles. The standard InChI is InChI=1S/C11H24O2/c1-9(2)7-8-10(3)11(4,12-5)13-6/h9-10H,7-8H2,1-6H3. The molecular formula is C11H24O2. The van der Waals surface area contributed by atoms with Gasteiger partial charge in [-0.1, -0.05) is 27.2 Å². The molecule has 0 heterocycles. The fraction of sp³-hybridized carbons (Fsp3) is 1.00. The van der Waals surface area contributed by atoms with Crippen LogP contribution in [0.5, 0.6) is 0 Å². The van der Waals surface area contributed by atoms with Gasteiger partial charge in [0.15, 0.2) is 5.79 Å². The van der Waals surface area contributed by atoms with E-state index in [4.69, 9.17) is 9.47 Å². The maximum atomic E-state index is 5.36. The molecule has 0 aliphatic heterocycles. The highest BCUT2D eigenvalue weighted by Gasteiger charge is 2.30. The molecule has 0 amide bonds. The molecule has 0 aromatic carbocycles. The molecule has 80 valence electrons. The summed E-state index contributed by atoms with van der Waals surface area (Å²) in [5, 5.41) is 0. The largest absolute Gasteiger partial charge is 0.353 e. The van der Waals surface area contributed by atoms with Gasteiger partial charge in [-0.15, -0.1) is 0 Å². The van der Waals surface area contributed by atoms with E-state index in [9.17, 15) is 0 Å². The van der Waals surface area contributed by atoms with Crippen molar-refractivity contribution in [2.24, 2.45) is 11.8 Å². The zero-order valence-corrected chi connectivity index (χ0v) is 9.89. The van der Waals surface area contributed by atoms with Gasteiger partial charge in [0.25, 0.3) is 0 Å². The summed E-state index contributed by atoms with van der Waals surface area (Å²) >= 11 is 0. The molecule has 0 aromatic rings. The second-order valence-electron chi connectivity index (χ2n) is 4.30. The van der Waals surface area contributed by atoms with Crippen LogP contribution in [0.3, 0.4) is 0 Å². The first-order valence-corrected chi connectivity index (χ1v) is 5.06. The monoisotopic (exact) mass is 188 g/mol. The van der Waals surface area contributed by atoms with Crippen LogP contribution in [0, 0.1) is 11.8 Å². The highest BCUT2D eigenvalue weighted by atomic mass is 16.7. The van der Waals surface area contributed by atoms with Crippen LogP contribution in [0.2, 0.25) is 0 Å². The topological polar surface area (TPSA) is 18.5 Å². The van der Waals surface area contributed by atoms with E-state index in [2.05, 4.69) is 20.8 Å². The molecular weight excluding hydrogens is 164 g/mol. The fourth-order valence-electron chi connectivity index (χ4n) is 1.33. The summed E-state index contributed by atoms with van der Waals surface area (Å²) in [5.74, 6) is 0.764. The lowest BCUT2D eigenvalue weighted by Crippen LogP contribution is -2.37. The van der Waals surface area contributed by atoms with E-state index in [0.29, 0.717) is 5.92 Å². The Morgan fingerprint density at radius 3 is 1.77 bits per heavy atom. The molecule has 0 aliphatic carbocycles. The number of rotatable bonds is 6. The van der Waals surface area contributed by atoms with Crippen LogP contribution in [-0.4, -0.2) is 20.0 Å². The van der Waals surface area contributed by atoms with Crippen molar-refractivity contribution in [2.75, 3.05) is 14.2 Å². The maximum Gasteiger partial charge on any atom is 0.167 e. The van der Waals surface area contributed by atoms with Crippen LogP contribution in [0.1, 0.15) is 40.5 Å². The summed E-state index contributed by atoms with van der Waals surface area (Å²) in [6.45, 7) is 8.65. The molecule has 13 heavy (non-hydrogen) atoms. The molecule has 0 rings (SSSR count). The summed E-state index contributed by atoms with van der Waals surface area (Å²) in [4.78, 5) is 0. The average Bonchev–Trinajstić information content (AvgIpc) is 2.12. The Morgan fingerprint density at radius 2 is 1.46 bits per heavy atom. The first-order chi connectivity index (χ1) is 5.96. The van der Waals surface area contributed by atoms with Gasteiger partial charge in [-0.2, -0.15) is 0 Å². The van der Waals surface area contributed by atoms with E-state index >= 15 is 0 Å². The van der Waals surface area contributed by atoms with Crippen molar-refractivity contribution in [3.05, 3.63) is 0 Å². The summed E-state index contributed by atoms with van der Waals surface area (Å²) in [7, 11) is 3.41. The molecule has 0 fully saturated rings. The van der Waals surface area contributed by atoms with Crippen LogP contribution in [0.25, 0.3) is 0 Å². The Hall–Kier alpha value is -0.0800. The van der Waals surface area contributed by atoms with E-state index in [1.807, 2.05) is 6.92 Å². The number of hydrogen-bond donors (Lipinski definition) is 0. The Bertz CT molecular complexity index is 128. The molecule has 0 saturated heterocycles. The lowest BCUT2D eigenvalue weighted by atomic mass is 9.93. The quantitative estimate of drug-likeness (QED) is 0.596. The van der Waals surface area contributed by atoms with Crippen molar-refractivity contribution < 1.29 is 9.47 Å². The van der Waals surface area contributed by atoms with Crippen LogP contribution in [0.15, 0.2) is 0 Å². The molecule has 1 unspecified atom stereocenters. The average molecular weight is 188 g/mol. The zero-order valence-electron chi connectivity index (χ0n) is 9.89. The first-order valence-electron chi connectivity index (χ1n) is 5.06. The molecule has 0 radical (unpaired) electrons. The SMILES string of the molecule is COC(C)(OC)C(C)CCC(C)C. The lowest BCUT2D eigenvalue weighted by molar-refractivity contribution is -0.225. The number of ether oxygens (including phenoxy) is 2. The Labute approximate surface area is 82.6 Å². The molecule has 1 atom stereocenters. The van der Waals surface area contributed by atoms with Gasteiger partial charge in [-0.05, 0) is 19.3 Å². The van der Waals surface area contributed by atoms with Crippen LogP contribution >= 0.6 is 0 Å². The third kappa shape index (κ3) is 4.10. The minimum Gasteiger partial charge on any atom is -0.353 e. The molecule has 2 nitrogen and oxygen atoms in total. The molecule has 0 spiro atoms. The van der Waals surface area contributed by atoms with Gasteiger partial charge in [-0.3, -0.25) is 0 Å². The third-order valence-electron chi connectivity index (χ3n) is 2.88. The summed E-state index contributed by atoms with van der Waals surface area (Å²) in [6.07, 6.45) is 2.37. The van der Waals surface area contributed by atoms with Gasteiger partial charge < -0.3 is 9.47 Å². The van der Waals surface area contributed by atoms with Crippen molar-refractivity contribution in [3.63, 3.8) is 0 Å². The van der Waals surface area contributed by atoms with Gasteiger partial charge in [-0.25, -0.2) is 0 Å². The van der Waals surface area contributed by atoms with Gasteiger partial charge in [0.1, 0.15) is 0 Å². The van der Waals surface area contributed by atoms with Crippen molar-refractivity contribution in [2.45, 2.75) is 46.3 Å². The minimum atomic E-state index is -0.422. The summed E-state index contributed by atoms with van der Waals surface area (Å²) in [6, 6.07) is 0. The Kier molecular flexibility index (Phi) is 5.57. The lowest BCUT2D eigenvalue weighted by Gasteiger charge is -2.33. The van der Waals surface area contributed by atoms with E-state index in [-0.39, 0.29) is 0 Å². The second-order valence-corrected chi connectivity index (χ2v) is 4.30. The van der Waals surface area contributed by atoms with Crippen molar-refractivity contribution in [1.82, 2.24) is 0 Å². The van der Waals surface area contributed by atoms with Crippen LogP contribution in [-0.2, 0) is 9.47 Å². The molecule has 0 bridgehead atoms. The minimum absolute atomic E-state index is 0.422. The highest BCUT2D eigenvalue weighted by Crippen LogP contribution is 2.26. The molecule has 0 saturated carbocycles. The van der Waals surface area contributed by atoms with Crippen molar-refractivity contribution in [1.29, 1.82) is 0 Å². The molecule has 0 aliphatic rings. The van der Waals surface area contributed by atoms with E-state index in [0.717, 1.165) is 12.3 Å². The fourth-order valence-corrected chi connectivity index (χ4v) is 1.33. The predicted molar refractivity (Wildman–Crippen MR) is 55.7 cm³/mol. The van der Waals surface area contributed by atoms with Crippen LogP contribution in [0.4, 0.5) is 0 Å². The Balaban J connectivity index is 3.99. The predicted octanol–water partition coefficient (Wildman–Crippen LogP) is 3.07. The van der Waals surface area contributed by atoms with Crippen LogP contribution < -0.4 is 0 Å². The normalized spacial score (nSPS) is 15.0. The van der Waals surface area contributed by atoms with Gasteiger partial charge in [0.2, 0.25) is 0 Å². The van der Waals surface area contributed by atoms with E-state index in [1.54, 1.807) is 14.2 Å².